The summed E-state index contributed by atoms with van der Waals surface area (Å²) in [6, 6.07) is 10.9. The lowest BCUT2D eigenvalue weighted by molar-refractivity contribution is -0.127. The zero-order chi connectivity index (χ0) is 15.8. The normalized spacial score (nSPS) is 10.0. The molecule has 0 aliphatic heterocycles. The Bertz CT molecular complexity index is 623. The van der Waals surface area contributed by atoms with Gasteiger partial charge >= 0.3 is 0 Å². The number of carbonyl (C=O) groups excluding carboxylic acids is 2. The molecule has 0 atom stereocenters. The SMILES string of the molecule is Cc1ccccc1OCC(=O)NCC(=O)NCc1ccco1. The molecule has 0 saturated heterocycles. The van der Waals surface area contributed by atoms with Crippen molar-refractivity contribution < 1.29 is 18.7 Å². The van der Waals surface area contributed by atoms with Crippen molar-refractivity contribution in [1.29, 1.82) is 0 Å². The van der Waals surface area contributed by atoms with Crippen molar-refractivity contribution in [3.8, 4) is 5.75 Å². The van der Waals surface area contributed by atoms with E-state index >= 15 is 0 Å². The first-order valence-electron chi connectivity index (χ1n) is 6.89. The largest absolute Gasteiger partial charge is 0.484 e. The summed E-state index contributed by atoms with van der Waals surface area (Å²) in [6.07, 6.45) is 1.53. The van der Waals surface area contributed by atoms with E-state index in [4.69, 9.17) is 9.15 Å². The van der Waals surface area contributed by atoms with Crippen LogP contribution in [0.25, 0.3) is 0 Å². The van der Waals surface area contributed by atoms with Crippen LogP contribution in [0.3, 0.4) is 0 Å². The van der Waals surface area contributed by atoms with Crippen molar-refractivity contribution >= 4 is 11.8 Å². The first kappa shape index (κ1) is 15.6. The highest BCUT2D eigenvalue weighted by Gasteiger charge is 2.07. The zero-order valence-corrected chi connectivity index (χ0v) is 12.3. The van der Waals surface area contributed by atoms with Gasteiger partial charge in [0.15, 0.2) is 6.61 Å². The van der Waals surface area contributed by atoms with Gasteiger partial charge in [-0.1, -0.05) is 18.2 Å². The molecule has 2 amide bonds. The lowest BCUT2D eigenvalue weighted by atomic mass is 10.2. The fraction of sp³-hybridized carbons (Fsp3) is 0.250. The monoisotopic (exact) mass is 302 g/mol. The molecule has 0 spiro atoms. The van der Waals surface area contributed by atoms with Gasteiger partial charge < -0.3 is 19.8 Å². The van der Waals surface area contributed by atoms with E-state index in [0.29, 0.717) is 18.1 Å². The maximum Gasteiger partial charge on any atom is 0.258 e. The van der Waals surface area contributed by atoms with Gasteiger partial charge in [-0.3, -0.25) is 9.59 Å². The summed E-state index contributed by atoms with van der Waals surface area (Å²) in [7, 11) is 0. The lowest BCUT2D eigenvalue weighted by Crippen LogP contribution is -2.38. The van der Waals surface area contributed by atoms with Crippen LogP contribution in [0, 0.1) is 6.92 Å². The number of nitrogens with one attached hydrogen (secondary N) is 2. The molecule has 0 aliphatic rings. The van der Waals surface area contributed by atoms with Crippen LogP contribution in [0.4, 0.5) is 0 Å². The lowest BCUT2D eigenvalue weighted by Gasteiger charge is -2.09. The van der Waals surface area contributed by atoms with E-state index in [1.165, 1.54) is 6.26 Å². The Morgan fingerprint density at radius 3 is 2.64 bits per heavy atom. The number of ether oxygens (including phenoxy) is 1. The maximum atomic E-state index is 11.6. The van der Waals surface area contributed by atoms with Crippen LogP contribution in [0.2, 0.25) is 0 Å². The number of hydrogen-bond acceptors (Lipinski definition) is 4. The van der Waals surface area contributed by atoms with Gasteiger partial charge in [0, 0.05) is 0 Å². The number of furan rings is 1. The fourth-order valence-electron chi connectivity index (χ4n) is 1.75. The van der Waals surface area contributed by atoms with E-state index in [1.807, 2.05) is 25.1 Å². The second-order valence-electron chi connectivity index (χ2n) is 4.69. The molecule has 22 heavy (non-hydrogen) atoms. The summed E-state index contributed by atoms with van der Waals surface area (Å²) in [6.45, 7) is 1.96. The van der Waals surface area contributed by atoms with Crippen LogP contribution in [-0.2, 0) is 16.1 Å². The van der Waals surface area contributed by atoms with Gasteiger partial charge in [-0.25, -0.2) is 0 Å². The Kier molecular flexibility index (Phi) is 5.59. The first-order valence-corrected chi connectivity index (χ1v) is 6.89. The van der Waals surface area contributed by atoms with Gasteiger partial charge in [-0.2, -0.15) is 0 Å². The van der Waals surface area contributed by atoms with Crippen molar-refractivity contribution in [1.82, 2.24) is 10.6 Å². The standard InChI is InChI=1S/C16H18N2O4/c1-12-5-2-3-7-14(12)22-11-16(20)18-10-15(19)17-9-13-6-4-8-21-13/h2-8H,9-11H2,1H3,(H,17,19)(H,18,20). The van der Waals surface area contributed by atoms with E-state index in [9.17, 15) is 9.59 Å². The first-order chi connectivity index (χ1) is 10.6. The second-order valence-corrected chi connectivity index (χ2v) is 4.69. The number of para-hydroxylation sites is 1. The Balaban J connectivity index is 1.65. The van der Waals surface area contributed by atoms with Gasteiger partial charge in [-0.15, -0.1) is 0 Å². The molecule has 1 aromatic heterocycles. The molecule has 6 nitrogen and oxygen atoms in total. The molecule has 0 aliphatic carbocycles. The number of benzene rings is 1. The van der Waals surface area contributed by atoms with E-state index in [1.54, 1.807) is 18.2 Å². The van der Waals surface area contributed by atoms with Crippen LogP contribution < -0.4 is 15.4 Å². The minimum absolute atomic E-state index is 0.101. The zero-order valence-electron chi connectivity index (χ0n) is 12.3. The van der Waals surface area contributed by atoms with E-state index < -0.39 is 0 Å². The highest BCUT2D eigenvalue weighted by atomic mass is 16.5. The van der Waals surface area contributed by atoms with Gasteiger partial charge in [0.1, 0.15) is 11.5 Å². The number of carbonyl (C=O) groups is 2. The van der Waals surface area contributed by atoms with E-state index in [-0.39, 0.29) is 25.0 Å². The number of amides is 2. The van der Waals surface area contributed by atoms with Crippen molar-refractivity contribution in [2.75, 3.05) is 13.2 Å². The number of rotatable bonds is 7. The Morgan fingerprint density at radius 2 is 1.91 bits per heavy atom. The minimum Gasteiger partial charge on any atom is -0.484 e. The number of aryl methyl sites for hydroxylation is 1. The summed E-state index contributed by atoms with van der Waals surface area (Å²) in [5, 5.41) is 5.13. The summed E-state index contributed by atoms with van der Waals surface area (Å²) in [5.74, 6) is 0.666. The Labute approximate surface area is 128 Å². The van der Waals surface area contributed by atoms with Crippen molar-refractivity contribution in [3.05, 3.63) is 54.0 Å². The molecule has 1 aromatic carbocycles. The van der Waals surface area contributed by atoms with Crippen molar-refractivity contribution in [3.63, 3.8) is 0 Å². The average molecular weight is 302 g/mol. The highest BCUT2D eigenvalue weighted by Crippen LogP contribution is 2.15. The molecule has 6 heteroatoms. The van der Waals surface area contributed by atoms with Gasteiger partial charge in [0.2, 0.25) is 5.91 Å². The maximum absolute atomic E-state index is 11.6. The van der Waals surface area contributed by atoms with E-state index in [2.05, 4.69) is 10.6 Å². The summed E-state index contributed by atoms with van der Waals surface area (Å²) < 4.78 is 10.5. The third-order valence-electron chi connectivity index (χ3n) is 2.94. The summed E-state index contributed by atoms with van der Waals surface area (Å²) >= 11 is 0. The summed E-state index contributed by atoms with van der Waals surface area (Å²) in [4.78, 5) is 23.2. The smallest absolute Gasteiger partial charge is 0.258 e. The molecule has 0 saturated carbocycles. The molecule has 0 bridgehead atoms. The van der Waals surface area contributed by atoms with Crippen LogP contribution in [0.5, 0.6) is 5.75 Å². The van der Waals surface area contributed by atoms with Crippen LogP contribution in [0.15, 0.2) is 47.1 Å². The number of hydrogen-bond donors (Lipinski definition) is 2. The quantitative estimate of drug-likeness (QED) is 0.810. The second kappa shape index (κ2) is 7.87. The average Bonchev–Trinajstić information content (AvgIpc) is 3.03. The predicted octanol–water partition coefficient (Wildman–Crippen LogP) is 1.40. The van der Waals surface area contributed by atoms with Crippen molar-refractivity contribution in [2.24, 2.45) is 0 Å². The third kappa shape index (κ3) is 4.97. The molecular weight excluding hydrogens is 284 g/mol. The van der Waals surface area contributed by atoms with Crippen LogP contribution in [-0.4, -0.2) is 25.0 Å². The minimum atomic E-state index is -0.351. The van der Waals surface area contributed by atoms with Crippen molar-refractivity contribution in [2.45, 2.75) is 13.5 Å². The molecule has 2 aromatic rings. The van der Waals surface area contributed by atoms with Gasteiger partial charge in [-0.05, 0) is 30.7 Å². The predicted molar refractivity (Wildman–Crippen MR) is 80.2 cm³/mol. The third-order valence-corrected chi connectivity index (χ3v) is 2.94. The fourth-order valence-corrected chi connectivity index (χ4v) is 1.75. The van der Waals surface area contributed by atoms with Gasteiger partial charge in [0.05, 0.1) is 19.4 Å². The molecule has 1 heterocycles. The Hall–Kier alpha value is -2.76. The van der Waals surface area contributed by atoms with Crippen LogP contribution >= 0.6 is 0 Å². The topological polar surface area (TPSA) is 80.6 Å². The summed E-state index contributed by atoms with van der Waals surface area (Å²) in [5.41, 5.74) is 0.950. The van der Waals surface area contributed by atoms with Gasteiger partial charge in [0.25, 0.3) is 5.91 Å². The van der Waals surface area contributed by atoms with E-state index in [0.717, 1.165) is 5.56 Å². The molecule has 0 fully saturated rings. The molecule has 116 valence electrons. The molecule has 2 rings (SSSR count). The Morgan fingerprint density at radius 1 is 1.09 bits per heavy atom. The molecule has 0 unspecified atom stereocenters. The highest BCUT2D eigenvalue weighted by molar-refractivity contribution is 5.85. The molecule has 0 radical (unpaired) electrons. The molecule has 2 N–H and O–H groups in total. The van der Waals surface area contributed by atoms with Crippen LogP contribution in [0.1, 0.15) is 11.3 Å². The molecular formula is C16H18N2O4.